The molecule has 2 aliphatic rings. The SMILES string of the molecule is O=C1CN(c2ccc(Cl)cc2F)C(=O)[C@]2(C[C@@H](O)C2)N1Cc1ccc(F)cc1. The van der Waals surface area contributed by atoms with Crippen LogP contribution >= 0.6 is 11.6 Å². The number of hydrogen-bond acceptors (Lipinski definition) is 3. The molecular weight excluding hydrogens is 390 g/mol. The van der Waals surface area contributed by atoms with E-state index in [0.29, 0.717) is 5.56 Å². The van der Waals surface area contributed by atoms with Crippen LogP contribution in [0, 0.1) is 11.6 Å². The van der Waals surface area contributed by atoms with Gasteiger partial charge in [0.2, 0.25) is 5.91 Å². The lowest BCUT2D eigenvalue weighted by atomic mass is 9.70. The lowest BCUT2D eigenvalue weighted by Crippen LogP contribution is -2.73. The fraction of sp³-hybridized carbons (Fsp3) is 0.300. The highest BCUT2D eigenvalue weighted by molar-refractivity contribution is 6.30. The summed E-state index contributed by atoms with van der Waals surface area (Å²) in [6.45, 7) is -0.217. The largest absolute Gasteiger partial charge is 0.393 e. The van der Waals surface area contributed by atoms with E-state index in [2.05, 4.69) is 0 Å². The smallest absolute Gasteiger partial charge is 0.253 e. The van der Waals surface area contributed by atoms with Crippen LogP contribution in [0.2, 0.25) is 5.02 Å². The number of amides is 2. The third-order valence-corrected chi connectivity index (χ3v) is 5.59. The van der Waals surface area contributed by atoms with Crippen LogP contribution < -0.4 is 4.90 Å². The molecule has 1 saturated carbocycles. The molecule has 2 aromatic rings. The number of halogens is 3. The van der Waals surface area contributed by atoms with Crippen LogP contribution in [0.15, 0.2) is 42.5 Å². The number of anilines is 1. The number of rotatable bonds is 3. The van der Waals surface area contributed by atoms with E-state index in [0.717, 1.165) is 11.0 Å². The molecule has 0 radical (unpaired) electrons. The molecule has 1 heterocycles. The normalized spacial score (nSPS) is 24.6. The van der Waals surface area contributed by atoms with Crippen molar-refractivity contribution in [3.8, 4) is 0 Å². The number of nitrogens with zero attached hydrogens (tertiary/aromatic N) is 2. The molecule has 1 N–H and O–H groups in total. The van der Waals surface area contributed by atoms with Crippen LogP contribution in [-0.4, -0.2) is 40.0 Å². The fourth-order valence-electron chi connectivity index (χ4n) is 3.92. The van der Waals surface area contributed by atoms with Crippen LogP contribution in [0.1, 0.15) is 18.4 Å². The quantitative estimate of drug-likeness (QED) is 0.852. The zero-order valence-corrected chi connectivity index (χ0v) is 15.5. The summed E-state index contributed by atoms with van der Waals surface area (Å²) in [5, 5.41) is 10.1. The number of aliphatic hydroxyl groups is 1. The fourth-order valence-corrected chi connectivity index (χ4v) is 4.08. The van der Waals surface area contributed by atoms with E-state index in [1.165, 1.54) is 29.2 Å². The van der Waals surface area contributed by atoms with Gasteiger partial charge in [-0.25, -0.2) is 8.78 Å². The van der Waals surface area contributed by atoms with Gasteiger partial charge < -0.3 is 10.0 Å². The van der Waals surface area contributed by atoms with Gasteiger partial charge in [0.1, 0.15) is 23.7 Å². The van der Waals surface area contributed by atoms with Crippen molar-refractivity contribution in [1.29, 1.82) is 0 Å². The van der Waals surface area contributed by atoms with E-state index in [4.69, 9.17) is 11.6 Å². The number of aliphatic hydroxyl groups excluding tert-OH is 1. The molecule has 2 amide bonds. The van der Waals surface area contributed by atoms with Crippen molar-refractivity contribution in [3.63, 3.8) is 0 Å². The number of carbonyl (C=O) groups is 2. The molecule has 2 aromatic carbocycles. The van der Waals surface area contributed by atoms with E-state index in [-0.39, 0.29) is 42.5 Å². The molecule has 146 valence electrons. The Morgan fingerprint density at radius 2 is 1.79 bits per heavy atom. The van der Waals surface area contributed by atoms with E-state index in [1.807, 2.05) is 0 Å². The van der Waals surface area contributed by atoms with Gasteiger partial charge in [0.25, 0.3) is 5.91 Å². The number of hydrogen-bond donors (Lipinski definition) is 1. The first-order valence-corrected chi connectivity index (χ1v) is 9.18. The zero-order valence-electron chi connectivity index (χ0n) is 14.7. The summed E-state index contributed by atoms with van der Waals surface area (Å²) < 4.78 is 27.6. The molecule has 1 aliphatic heterocycles. The Balaban J connectivity index is 1.68. The van der Waals surface area contributed by atoms with Gasteiger partial charge in [0.15, 0.2) is 0 Å². The predicted molar refractivity (Wildman–Crippen MR) is 98.7 cm³/mol. The highest BCUT2D eigenvalue weighted by Gasteiger charge is 2.60. The molecule has 4 rings (SSSR count). The average Bonchev–Trinajstić information content (AvgIpc) is 2.62. The van der Waals surface area contributed by atoms with Gasteiger partial charge >= 0.3 is 0 Å². The van der Waals surface area contributed by atoms with Gasteiger partial charge in [-0.1, -0.05) is 23.7 Å². The Bertz CT molecular complexity index is 945. The maximum absolute atomic E-state index is 14.4. The Morgan fingerprint density at radius 1 is 1.11 bits per heavy atom. The molecule has 0 atom stereocenters. The van der Waals surface area contributed by atoms with E-state index in [9.17, 15) is 23.5 Å². The Kier molecular flexibility index (Phi) is 4.59. The lowest BCUT2D eigenvalue weighted by Gasteiger charge is -2.55. The predicted octanol–water partition coefficient (Wildman–Crippen LogP) is 2.89. The van der Waals surface area contributed by atoms with Gasteiger partial charge in [-0.3, -0.25) is 14.5 Å². The number of piperazine rings is 1. The summed E-state index contributed by atoms with van der Waals surface area (Å²) in [5.41, 5.74) is -0.603. The minimum atomic E-state index is -1.24. The summed E-state index contributed by atoms with van der Waals surface area (Å²) >= 11 is 5.78. The molecule has 28 heavy (non-hydrogen) atoms. The van der Waals surface area contributed by atoms with Gasteiger partial charge in [0.05, 0.1) is 11.8 Å². The van der Waals surface area contributed by atoms with Crippen LogP contribution in [0.25, 0.3) is 0 Å². The molecule has 1 spiro atoms. The van der Waals surface area contributed by atoms with Crippen LogP contribution in [-0.2, 0) is 16.1 Å². The summed E-state index contributed by atoms with van der Waals surface area (Å²) in [6.07, 6.45) is -0.572. The van der Waals surface area contributed by atoms with Crippen molar-refractivity contribution in [2.45, 2.75) is 31.0 Å². The Morgan fingerprint density at radius 3 is 2.39 bits per heavy atom. The molecule has 2 fully saturated rings. The van der Waals surface area contributed by atoms with Gasteiger partial charge in [0, 0.05) is 24.4 Å². The molecule has 0 unspecified atom stereocenters. The van der Waals surface area contributed by atoms with Crippen molar-refractivity contribution >= 4 is 29.1 Å². The second-order valence-electron chi connectivity index (χ2n) is 7.19. The maximum Gasteiger partial charge on any atom is 0.253 e. The summed E-state index contributed by atoms with van der Waals surface area (Å²) in [7, 11) is 0. The third kappa shape index (κ3) is 3.04. The monoisotopic (exact) mass is 406 g/mol. The van der Waals surface area contributed by atoms with Crippen LogP contribution in [0.3, 0.4) is 0 Å². The second-order valence-corrected chi connectivity index (χ2v) is 7.62. The Hall–Kier alpha value is -2.51. The number of carbonyl (C=O) groups excluding carboxylic acids is 2. The highest BCUT2D eigenvalue weighted by atomic mass is 35.5. The van der Waals surface area contributed by atoms with Gasteiger partial charge in [-0.2, -0.15) is 0 Å². The van der Waals surface area contributed by atoms with Gasteiger partial charge in [-0.15, -0.1) is 0 Å². The molecular formula is C20H17ClF2N2O3. The first kappa shape index (κ1) is 18.8. The first-order chi connectivity index (χ1) is 13.3. The third-order valence-electron chi connectivity index (χ3n) is 5.36. The second kappa shape index (κ2) is 6.83. The highest BCUT2D eigenvalue weighted by Crippen LogP contribution is 2.44. The lowest BCUT2D eigenvalue weighted by molar-refractivity contribution is -0.167. The molecule has 1 aliphatic carbocycles. The van der Waals surface area contributed by atoms with E-state index in [1.54, 1.807) is 12.1 Å². The number of benzene rings is 2. The van der Waals surface area contributed by atoms with E-state index >= 15 is 0 Å². The molecule has 5 nitrogen and oxygen atoms in total. The van der Waals surface area contributed by atoms with Gasteiger partial charge in [-0.05, 0) is 35.9 Å². The minimum absolute atomic E-state index is 0.0232. The van der Waals surface area contributed by atoms with Crippen LogP contribution in [0.4, 0.5) is 14.5 Å². The zero-order chi connectivity index (χ0) is 20.1. The topological polar surface area (TPSA) is 60.9 Å². The van der Waals surface area contributed by atoms with Crippen LogP contribution in [0.5, 0.6) is 0 Å². The Labute approximate surface area is 165 Å². The van der Waals surface area contributed by atoms with Crippen molar-refractivity contribution in [1.82, 2.24) is 4.90 Å². The molecule has 1 saturated heterocycles. The van der Waals surface area contributed by atoms with Crippen molar-refractivity contribution in [2.75, 3.05) is 11.4 Å². The first-order valence-electron chi connectivity index (χ1n) is 8.80. The van der Waals surface area contributed by atoms with Crippen molar-refractivity contribution < 1.29 is 23.5 Å². The summed E-state index contributed by atoms with van der Waals surface area (Å²) in [4.78, 5) is 28.7. The minimum Gasteiger partial charge on any atom is -0.393 e. The molecule has 0 aromatic heterocycles. The summed E-state index contributed by atoms with van der Waals surface area (Å²) in [6, 6.07) is 9.54. The summed E-state index contributed by atoms with van der Waals surface area (Å²) in [5.74, 6) is -1.91. The van der Waals surface area contributed by atoms with E-state index < -0.39 is 29.2 Å². The van der Waals surface area contributed by atoms with Crippen molar-refractivity contribution in [3.05, 3.63) is 64.7 Å². The maximum atomic E-state index is 14.4. The molecule has 8 heteroatoms. The average molecular weight is 407 g/mol. The molecule has 0 bridgehead atoms. The van der Waals surface area contributed by atoms with Crippen molar-refractivity contribution in [2.24, 2.45) is 0 Å². The standard InChI is InChI=1S/C20H17ClF2N2O3/c21-13-3-6-17(16(23)7-13)24-11-18(27)25(10-12-1-4-14(22)5-2-12)20(19(24)28)8-15(26)9-20/h1-7,15,26H,8-11H2/t15-,20-.